The second kappa shape index (κ2) is 8.85. The number of halogens is 4. The Kier molecular flexibility index (Phi) is 9.91. The Balaban J connectivity index is 0. The topological polar surface area (TPSA) is 44.4 Å². The SMILES string of the molecule is CCN(C)CCNC(=O)C1CC(F)(F)CN1.Cl.Cl. The number of alkyl halides is 2. The summed E-state index contributed by atoms with van der Waals surface area (Å²) in [7, 11) is 1.94. The lowest BCUT2D eigenvalue weighted by Crippen LogP contribution is -2.42. The first-order valence-electron chi connectivity index (χ1n) is 5.52. The highest BCUT2D eigenvalue weighted by Crippen LogP contribution is 2.24. The first-order chi connectivity index (χ1) is 7.44. The lowest BCUT2D eigenvalue weighted by Gasteiger charge is -2.15. The van der Waals surface area contributed by atoms with E-state index < -0.39 is 24.9 Å². The van der Waals surface area contributed by atoms with E-state index in [4.69, 9.17) is 0 Å². The molecule has 0 aromatic carbocycles. The van der Waals surface area contributed by atoms with Crippen LogP contribution in [-0.2, 0) is 4.79 Å². The van der Waals surface area contributed by atoms with Gasteiger partial charge in [-0.15, -0.1) is 24.8 Å². The molecule has 110 valence electrons. The Morgan fingerprint density at radius 1 is 1.50 bits per heavy atom. The van der Waals surface area contributed by atoms with Gasteiger partial charge in [-0.05, 0) is 13.6 Å². The van der Waals surface area contributed by atoms with Crippen LogP contribution in [0.15, 0.2) is 0 Å². The van der Waals surface area contributed by atoms with Gasteiger partial charge in [0.15, 0.2) is 0 Å². The molecule has 1 saturated heterocycles. The molecule has 18 heavy (non-hydrogen) atoms. The summed E-state index contributed by atoms with van der Waals surface area (Å²) in [5.41, 5.74) is 0. The van der Waals surface area contributed by atoms with Crippen molar-refractivity contribution in [3.8, 4) is 0 Å². The maximum Gasteiger partial charge on any atom is 0.262 e. The predicted molar refractivity (Wildman–Crippen MR) is 72.0 cm³/mol. The molecule has 0 aliphatic carbocycles. The van der Waals surface area contributed by atoms with Gasteiger partial charge in [0.05, 0.1) is 12.6 Å². The van der Waals surface area contributed by atoms with E-state index in [1.165, 1.54) is 0 Å². The molecular formula is C10H21Cl2F2N3O. The van der Waals surface area contributed by atoms with Crippen LogP contribution in [0.5, 0.6) is 0 Å². The summed E-state index contributed by atoms with van der Waals surface area (Å²) in [6.45, 7) is 3.73. The van der Waals surface area contributed by atoms with Crippen molar-refractivity contribution in [3.63, 3.8) is 0 Å². The third-order valence-electron chi connectivity index (χ3n) is 2.76. The number of hydrogen-bond acceptors (Lipinski definition) is 3. The van der Waals surface area contributed by atoms with Gasteiger partial charge in [-0.2, -0.15) is 0 Å². The van der Waals surface area contributed by atoms with E-state index in [-0.39, 0.29) is 30.7 Å². The lowest BCUT2D eigenvalue weighted by atomic mass is 10.2. The molecule has 0 aromatic heterocycles. The largest absolute Gasteiger partial charge is 0.353 e. The van der Waals surface area contributed by atoms with E-state index in [1.54, 1.807) is 0 Å². The van der Waals surface area contributed by atoms with Crippen LogP contribution in [0.2, 0.25) is 0 Å². The fourth-order valence-electron chi connectivity index (χ4n) is 1.55. The number of amides is 1. The summed E-state index contributed by atoms with van der Waals surface area (Å²) in [6.07, 6.45) is -0.400. The quantitative estimate of drug-likeness (QED) is 0.793. The zero-order chi connectivity index (χ0) is 12.2. The van der Waals surface area contributed by atoms with Crippen molar-refractivity contribution in [2.24, 2.45) is 0 Å². The van der Waals surface area contributed by atoms with Gasteiger partial charge in [-0.25, -0.2) is 8.78 Å². The van der Waals surface area contributed by atoms with E-state index >= 15 is 0 Å². The van der Waals surface area contributed by atoms with Crippen LogP contribution in [0.3, 0.4) is 0 Å². The molecule has 0 bridgehead atoms. The molecule has 0 radical (unpaired) electrons. The zero-order valence-corrected chi connectivity index (χ0v) is 12.2. The number of likely N-dealkylation sites (N-methyl/N-ethyl adjacent to an activating group) is 1. The van der Waals surface area contributed by atoms with Crippen LogP contribution < -0.4 is 10.6 Å². The number of hydrogen-bond donors (Lipinski definition) is 2. The molecule has 1 fully saturated rings. The summed E-state index contributed by atoms with van der Waals surface area (Å²) >= 11 is 0. The summed E-state index contributed by atoms with van der Waals surface area (Å²) in [4.78, 5) is 13.5. The Morgan fingerprint density at radius 2 is 2.11 bits per heavy atom. The number of carbonyl (C=O) groups excluding carboxylic acids is 1. The highest BCUT2D eigenvalue weighted by molar-refractivity contribution is 5.85. The first kappa shape index (κ1) is 20.2. The summed E-state index contributed by atoms with van der Waals surface area (Å²) in [5, 5.41) is 5.17. The van der Waals surface area contributed by atoms with Gasteiger partial charge in [0.25, 0.3) is 5.92 Å². The fourth-order valence-corrected chi connectivity index (χ4v) is 1.55. The molecule has 4 nitrogen and oxygen atoms in total. The van der Waals surface area contributed by atoms with Gasteiger partial charge in [0.2, 0.25) is 5.91 Å². The molecule has 1 amide bonds. The van der Waals surface area contributed by atoms with Gasteiger partial charge in [0, 0.05) is 19.5 Å². The molecule has 1 rings (SSSR count). The molecule has 1 aliphatic heterocycles. The summed E-state index contributed by atoms with van der Waals surface area (Å²) in [5.74, 6) is -3.08. The van der Waals surface area contributed by atoms with Gasteiger partial charge in [0.1, 0.15) is 0 Å². The Bertz CT molecular complexity index is 257. The third-order valence-corrected chi connectivity index (χ3v) is 2.76. The van der Waals surface area contributed by atoms with Gasteiger partial charge in [-0.3, -0.25) is 10.1 Å². The van der Waals surface area contributed by atoms with Crippen molar-refractivity contribution in [1.82, 2.24) is 15.5 Å². The summed E-state index contributed by atoms with van der Waals surface area (Å²) < 4.78 is 25.6. The second-order valence-corrected chi connectivity index (χ2v) is 4.18. The normalized spacial score (nSPS) is 21.1. The van der Waals surface area contributed by atoms with Crippen LogP contribution in [0.25, 0.3) is 0 Å². The second-order valence-electron chi connectivity index (χ2n) is 4.18. The maximum atomic E-state index is 12.8. The van der Waals surface area contributed by atoms with Gasteiger partial charge < -0.3 is 10.2 Å². The maximum absolute atomic E-state index is 12.8. The van der Waals surface area contributed by atoms with Crippen LogP contribution in [0, 0.1) is 0 Å². The average Bonchev–Trinajstić information content (AvgIpc) is 2.58. The Morgan fingerprint density at radius 3 is 2.56 bits per heavy atom. The van der Waals surface area contributed by atoms with Crippen LogP contribution in [0.4, 0.5) is 8.78 Å². The number of nitrogens with zero attached hydrogens (tertiary/aromatic N) is 1. The molecule has 0 saturated carbocycles. The highest BCUT2D eigenvalue weighted by Gasteiger charge is 2.42. The molecular weight excluding hydrogens is 287 g/mol. The van der Waals surface area contributed by atoms with Crippen molar-refractivity contribution in [3.05, 3.63) is 0 Å². The van der Waals surface area contributed by atoms with Crippen LogP contribution in [-0.4, -0.2) is 56.0 Å². The number of nitrogens with one attached hydrogen (secondary N) is 2. The molecule has 1 heterocycles. The monoisotopic (exact) mass is 307 g/mol. The molecule has 8 heteroatoms. The first-order valence-corrected chi connectivity index (χ1v) is 5.52. The summed E-state index contributed by atoms with van der Waals surface area (Å²) in [6, 6.07) is -0.748. The van der Waals surface area contributed by atoms with E-state index in [0.29, 0.717) is 6.54 Å². The number of carbonyl (C=O) groups is 1. The van der Waals surface area contributed by atoms with Crippen molar-refractivity contribution in [2.45, 2.75) is 25.3 Å². The smallest absolute Gasteiger partial charge is 0.262 e. The fraction of sp³-hybridized carbons (Fsp3) is 0.900. The van der Waals surface area contributed by atoms with E-state index in [0.717, 1.165) is 13.1 Å². The van der Waals surface area contributed by atoms with E-state index in [9.17, 15) is 13.6 Å². The highest BCUT2D eigenvalue weighted by atomic mass is 35.5. The van der Waals surface area contributed by atoms with Crippen LogP contribution >= 0.6 is 24.8 Å². The molecule has 1 unspecified atom stereocenters. The molecule has 2 N–H and O–H groups in total. The van der Waals surface area contributed by atoms with E-state index in [2.05, 4.69) is 10.6 Å². The van der Waals surface area contributed by atoms with Gasteiger partial charge in [-0.1, -0.05) is 6.92 Å². The Labute approximate surface area is 119 Å². The van der Waals surface area contributed by atoms with Gasteiger partial charge >= 0.3 is 0 Å². The molecule has 1 aliphatic rings. The van der Waals surface area contributed by atoms with Crippen molar-refractivity contribution in [1.29, 1.82) is 0 Å². The van der Waals surface area contributed by atoms with Crippen molar-refractivity contribution < 1.29 is 13.6 Å². The predicted octanol–water partition coefficient (Wildman–Crippen LogP) is 0.895. The third kappa shape index (κ3) is 6.68. The van der Waals surface area contributed by atoms with Crippen LogP contribution in [0.1, 0.15) is 13.3 Å². The minimum Gasteiger partial charge on any atom is -0.353 e. The molecule has 1 atom stereocenters. The standard InChI is InChI=1S/C10H19F2N3O.2ClH/c1-3-15(2)5-4-13-9(16)8-6-10(11,12)7-14-8;;/h8,14H,3-7H2,1-2H3,(H,13,16);2*1H. The lowest BCUT2D eigenvalue weighted by molar-refractivity contribution is -0.123. The zero-order valence-electron chi connectivity index (χ0n) is 10.5. The average molecular weight is 308 g/mol. The van der Waals surface area contributed by atoms with Crippen molar-refractivity contribution >= 4 is 30.7 Å². The van der Waals surface area contributed by atoms with Crippen molar-refractivity contribution in [2.75, 3.05) is 33.2 Å². The Hall–Kier alpha value is -0.170. The molecule has 0 spiro atoms. The minimum absolute atomic E-state index is 0. The number of rotatable bonds is 5. The minimum atomic E-state index is -2.75. The molecule has 0 aromatic rings. The van der Waals surface area contributed by atoms with E-state index in [1.807, 2.05) is 18.9 Å².